The number of carbonyl (C=O) groups is 1. The Kier molecular flexibility index (Phi) is 5.16. The van der Waals surface area contributed by atoms with Crippen LogP contribution in [0.3, 0.4) is 0 Å². The van der Waals surface area contributed by atoms with Gasteiger partial charge in [0.15, 0.2) is 0 Å². The van der Waals surface area contributed by atoms with Gasteiger partial charge in [0.25, 0.3) is 5.91 Å². The summed E-state index contributed by atoms with van der Waals surface area (Å²) in [6.45, 7) is 8.70. The van der Waals surface area contributed by atoms with E-state index in [9.17, 15) is 4.79 Å². The molecule has 1 amide bonds. The Bertz CT molecular complexity index is 462. The zero-order valence-corrected chi connectivity index (χ0v) is 13.5. The van der Waals surface area contributed by atoms with E-state index in [0.29, 0.717) is 11.8 Å². The topological polar surface area (TPSA) is 59.2 Å². The molecule has 1 saturated heterocycles. The first-order chi connectivity index (χ1) is 9.51. The molecular formula is C15H25N3OS. The van der Waals surface area contributed by atoms with Crippen LogP contribution in [0.1, 0.15) is 47.1 Å². The highest BCUT2D eigenvalue weighted by Gasteiger charge is 2.26. The second kappa shape index (κ2) is 6.68. The summed E-state index contributed by atoms with van der Waals surface area (Å²) in [5.74, 6) is 1.27. The zero-order valence-electron chi connectivity index (χ0n) is 12.7. The summed E-state index contributed by atoms with van der Waals surface area (Å²) < 4.78 is 0. The van der Waals surface area contributed by atoms with Crippen molar-refractivity contribution in [3.05, 3.63) is 15.6 Å². The number of hydrogen-bond donors (Lipinski definition) is 1. The summed E-state index contributed by atoms with van der Waals surface area (Å²) in [5.41, 5.74) is 6.69. The van der Waals surface area contributed by atoms with Crippen LogP contribution in [0.4, 0.5) is 0 Å². The molecule has 20 heavy (non-hydrogen) atoms. The Morgan fingerprint density at radius 1 is 1.45 bits per heavy atom. The van der Waals surface area contributed by atoms with Crippen LogP contribution in [0.2, 0.25) is 0 Å². The molecule has 5 heteroatoms. The summed E-state index contributed by atoms with van der Waals surface area (Å²) in [5, 5.41) is 0.987. The van der Waals surface area contributed by atoms with Gasteiger partial charge in [0.05, 0.1) is 10.7 Å². The van der Waals surface area contributed by atoms with Crippen molar-refractivity contribution in [1.29, 1.82) is 0 Å². The molecule has 0 atom stereocenters. The fourth-order valence-electron chi connectivity index (χ4n) is 2.68. The standard InChI is InChI=1S/C15H25N3OS/c1-10(2)8-13-14(20-11(3)17-13)15(19)18-6-4-12(9-16)5-7-18/h10,12H,4-9,16H2,1-3H3. The molecular weight excluding hydrogens is 270 g/mol. The lowest BCUT2D eigenvalue weighted by Crippen LogP contribution is -2.40. The minimum atomic E-state index is 0.168. The maximum absolute atomic E-state index is 12.7. The summed E-state index contributed by atoms with van der Waals surface area (Å²) in [4.78, 5) is 20.0. The highest BCUT2D eigenvalue weighted by Crippen LogP contribution is 2.25. The number of carbonyl (C=O) groups excluding carboxylic acids is 1. The Morgan fingerprint density at radius 2 is 2.10 bits per heavy atom. The number of piperidine rings is 1. The van der Waals surface area contributed by atoms with Gasteiger partial charge in [-0.15, -0.1) is 11.3 Å². The number of likely N-dealkylation sites (tertiary alicyclic amines) is 1. The minimum Gasteiger partial charge on any atom is -0.338 e. The normalized spacial score (nSPS) is 16.9. The molecule has 0 spiro atoms. The minimum absolute atomic E-state index is 0.168. The number of aromatic nitrogens is 1. The molecule has 0 saturated carbocycles. The predicted molar refractivity (Wildman–Crippen MR) is 83.1 cm³/mol. The average Bonchev–Trinajstić information content (AvgIpc) is 2.78. The predicted octanol–water partition coefficient (Wildman–Crippen LogP) is 2.46. The Morgan fingerprint density at radius 3 is 2.65 bits per heavy atom. The highest BCUT2D eigenvalue weighted by molar-refractivity contribution is 7.13. The molecule has 1 aromatic rings. The smallest absolute Gasteiger partial charge is 0.265 e. The Balaban J connectivity index is 2.09. The van der Waals surface area contributed by atoms with E-state index < -0.39 is 0 Å². The fourth-order valence-corrected chi connectivity index (χ4v) is 3.59. The van der Waals surface area contributed by atoms with Gasteiger partial charge in [-0.1, -0.05) is 13.8 Å². The fraction of sp³-hybridized carbons (Fsp3) is 0.733. The molecule has 0 unspecified atom stereocenters. The molecule has 1 aliphatic rings. The molecule has 0 radical (unpaired) electrons. The van der Waals surface area contributed by atoms with Crippen molar-refractivity contribution < 1.29 is 4.79 Å². The van der Waals surface area contributed by atoms with Crippen molar-refractivity contribution in [3.63, 3.8) is 0 Å². The van der Waals surface area contributed by atoms with E-state index in [4.69, 9.17) is 5.73 Å². The van der Waals surface area contributed by atoms with E-state index >= 15 is 0 Å². The number of nitrogens with two attached hydrogens (primary N) is 1. The molecule has 1 aromatic heterocycles. The summed E-state index contributed by atoms with van der Waals surface area (Å²) in [7, 11) is 0. The van der Waals surface area contributed by atoms with Crippen LogP contribution in [0.15, 0.2) is 0 Å². The molecule has 1 aliphatic heterocycles. The third kappa shape index (κ3) is 3.58. The van der Waals surface area contributed by atoms with E-state index in [-0.39, 0.29) is 5.91 Å². The summed E-state index contributed by atoms with van der Waals surface area (Å²) in [6.07, 6.45) is 2.93. The van der Waals surface area contributed by atoms with Crippen molar-refractivity contribution in [2.45, 2.75) is 40.0 Å². The number of hydrogen-bond acceptors (Lipinski definition) is 4. The van der Waals surface area contributed by atoms with Gasteiger partial charge in [-0.3, -0.25) is 4.79 Å². The molecule has 0 aromatic carbocycles. The zero-order chi connectivity index (χ0) is 14.7. The third-order valence-corrected chi connectivity index (χ3v) is 4.84. The molecule has 2 N–H and O–H groups in total. The Hall–Kier alpha value is -0.940. The SMILES string of the molecule is Cc1nc(CC(C)C)c(C(=O)N2CCC(CN)CC2)s1. The third-order valence-electron chi connectivity index (χ3n) is 3.84. The van der Waals surface area contributed by atoms with E-state index in [2.05, 4.69) is 18.8 Å². The van der Waals surface area contributed by atoms with Crippen molar-refractivity contribution in [3.8, 4) is 0 Å². The highest BCUT2D eigenvalue weighted by atomic mass is 32.1. The molecule has 1 fully saturated rings. The maximum Gasteiger partial charge on any atom is 0.265 e. The lowest BCUT2D eigenvalue weighted by Gasteiger charge is -2.31. The number of thiazole rings is 1. The molecule has 0 aliphatic carbocycles. The monoisotopic (exact) mass is 295 g/mol. The lowest BCUT2D eigenvalue weighted by molar-refractivity contribution is 0.0697. The van der Waals surface area contributed by atoms with Crippen molar-refractivity contribution in [1.82, 2.24) is 9.88 Å². The first kappa shape index (κ1) is 15.4. The van der Waals surface area contributed by atoms with Crippen LogP contribution in [0.25, 0.3) is 0 Å². The van der Waals surface area contributed by atoms with Crippen LogP contribution in [0.5, 0.6) is 0 Å². The van der Waals surface area contributed by atoms with Crippen LogP contribution in [-0.2, 0) is 6.42 Å². The van der Waals surface area contributed by atoms with Gasteiger partial charge < -0.3 is 10.6 Å². The lowest BCUT2D eigenvalue weighted by atomic mass is 9.97. The molecule has 2 heterocycles. The summed E-state index contributed by atoms with van der Waals surface area (Å²) in [6, 6.07) is 0. The van der Waals surface area contributed by atoms with Crippen molar-refractivity contribution in [2.24, 2.45) is 17.6 Å². The number of nitrogens with zero attached hydrogens (tertiary/aromatic N) is 2. The van der Waals surface area contributed by atoms with E-state index in [1.54, 1.807) is 0 Å². The largest absolute Gasteiger partial charge is 0.338 e. The van der Waals surface area contributed by atoms with Crippen molar-refractivity contribution >= 4 is 17.2 Å². The maximum atomic E-state index is 12.7. The Labute approximate surface area is 125 Å². The van der Waals surface area contributed by atoms with Gasteiger partial charge in [-0.2, -0.15) is 0 Å². The van der Waals surface area contributed by atoms with Gasteiger partial charge in [-0.25, -0.2) is 4.98 Å². The van der Waals surface area contributed by atoms with Crippen LogP contribution in [-0.4, -0.2) is 35.4 Å². The molecule has 2 rings (SSSR count). The first-order valence-electron chi connectivity index (χ1n) is 7.47. The van der Waals surface area contributed by atoms with Gasteiger partial charge in [0.1, 0.15) is 4.88 Å². The van der Waals surface area contributed by atoms with Crippen LogP contribution < -0.4 is 5.73 Å². The van der Waals surface area contributed by atoms with Crippen molar-refractivity contribution in [2.75, 3.05) is 19.6 Å². The number of rotatable bonds is 4. The van der Waals surface area contributed by atoms with Gasteiger partial charge in [0, 0.05) is 13.1 Å². The second-order valence-corrected chi connectivity index (χ2v) is 7.28. The van der Waals surface area contributed by atoms with E-state index in [0.717, 1.165) is 54.5 Å². The average molecular weight is 295 g/mol. The first-order valence-corrected chi connectivity index (χ1v) is 8.28. The van der Waals surface area contributed by atoms with Crippen LogP contribution in [0, 0.1) is 18.8 Å². The molecule has 0 bridgehead atoms. The van der Waals surface area contributed by atoms with Gasteiger partial charge >= 0.3 is 0 Å². The van der Waals surface area contributed by atoms with Gasteiger partial charge in [-0.05, 0) is 44.6 Å². The molecule has 4 nitrogen and oxygen atoms in total. The number of amides is 1. The molecule has 112 valence electrons. The van der Waals surface area contributed by atoms with Crippen LogP contribution >= 0.6 is 11.3 Å². The van der Waals surface area contributed by atoms with E-state index in [1.807, 2.05) is 11.8 Å². The second-order valence-electron chi connectivity index (χ2n) is 6.08. The quantitative estimate of drug-likeness (QED) is 0.928. The summed E-state index contributed by atoms with van der Waals surface area (Å²) >= 11 is 1.54. The number of aryl methyl sites for hydroxylation is 1. The van der Waals surface area contributed by atoms with Gasteiger partial charge in [0.2, 0.25) is 0 Å². The van der Waals surface area contributed by atoms with E-state index in [1.165, 1.54) is 11.3 Å².